The van der Waals surface area contributed by atoms with Crippen molar-refractivity contribution in [3.05, 3.63) is 67.0 Å². The third-order valence-corrected chi connectivity index (χ3v) is 11.6. The lowest BCUT2D eigenvalue weighted by Gasteiger charge is -2.43. The van der Waals surface area contributed by atoms with Gasteiger partial charge in [0.15, 0.2) is 11.5 Å². The number of halogens is 1. The Morgan fingerprint density at radius 3 is 2.54 bits per heavy atom. The van der Waals surface area contributed by atoms with Gasteiger partial charge < -0.3 is 14.8 Å². The van der Waals surface area contributed by atoms with Crippen molar-refractivity contribution in [1.82, 2.24) is 4.98 Å². The Kier molecular flexibility index (Phi) is 5.39. The van der Waals surface area contributed by atoms with Gasteiger partial charge in [0.25, 0.3) is 0 Å². The van der Waals surface area contributed by atoms with Crippen LogP contribution in [-0.4, -0.2) is 33.8 Å². The van der Waals surface area contributed by atoms with E-state index in [0.717, 1.165) is 26.4 Å². The molecule has 3 fully saturated rings. The second-order valence-corrected chi connectivity index (χ2v) is 13.2. The Hall–Kier alpha value is -2.56. The third kappa shape index (κ3) is 3.34. The minimum absolute atomic E-state index is 0.0316. The Morgan fingerprint density at radius 1 is 1.08 bits per heavy atom. The molecule has 1 saturated heterocycles. The molecule has 2 aliphatic carbocycles. The number of imide groups is 1. The van der Waals surface area contributed by atoms with Gasteiger partial charge in [-0.15, -0.1) is 11.8 Å². The van der Waals surface area contributed by atoms with Crippen LogP contribution in [0.25, 0.3) is 0 Å². The number of H-pyrrole nitrogens is 1. The zero-order chi connectivity index (χ0) is 25.6. The van der Waals surface area contributed by atoms with E-state index >= 15 is 0 Å². The van der Waals surface area contributed by atoms with E-state index in [1.807, 2.05) is 31.2 Å². The van der Waals surface area contributed by atoms with Gasteiger partial charge in [-0.25, -0.2) is 0 Å². The summed E-state index contributed by atoms with van der Waals surface area (Å²) in [6.45, 7) is 2.29. The largest absolute Gasteiger partial charge is 0.504 e. The van der Waals surface area contributed by atoms with E-state index < -0.39 is 0 Å². The number of nitrogens with zero attached hydrogens (tertiary/aromatic N) is 1. The van der Waals surface area contributed by atoms with E-state index in [4.69, 9.17) is 4.74 Å². The summed E-state index contributed by atoms with van der Waals surface area (Å²) in [4.78, 5) is 45.2. The standard InChI is InChI=1S/C27H23BrN2O5S2/c1-2-35-17-9-11(3-8-16(17)31)18-19-14-10-15(22(19)36-24-23(18)37-27(34)29-24)21-20(14)25(32)30(26(21)33)13-6-4-12(28)5-7-13/h3-9,14-15,18-22,31H,2,10H2,1H3,(H,29,34)/t14-,15-,18?,19?,20?,21?,22?/m1/s1. The molecule has 0 radical (unpaired) electrons. The molecule has 2 aliphatic heterocycles. The summed E-state index contributed by atoms with van der Waals surface area (Å²) in [5.74, 6) is -0.352. The maximum atomic E-state index is 13.8. The van der Waals surface area contributed by atoms with E-state index in [2.05, 4.69) is 20.9 Å². The number of aromatic hydroxyl groups is 1. The molecule has 4 aliphatic rings. The first kappa shape index (κ1) is 23.5. The summed E-state index contributed by atoms with van der Waals surface area (Å²) < 4.78 is 6.57. The van der Waals surface area contributed by atoms with Gasteiger partial charge in [-0.3, -0.25) is 19.3 Å². The van der Waals surface area contributed by atoms with Crippen LogP contribution < -0.4 is 14.5 Å². The predicted molar refractivity (Wildman–Crippen MR) is 144 cm³/mol. The summed E-state index contributed by atoms with van der Waals surface area (Å²) in [7, 11) is 0. The van der Waals surface area contributed by atoms with Crippen molar-refractivity contribution < 1.29 is 19.4 Å². The number of ether oxygens (including phenoxy) is 1. The van der Waals surface area contributed by atoms with Gasteiger partial charge >= 0.3 is 4.87 Å². The molecule has 2 saturated carbocycles. The van der Waals surface area contributed by atoms with Crippen LogP contribution in [0.1, 0.15) is 29.7 Å². The number of hydrogen-bond acceptors (Lipinski definition) is 7. The number of aromatic amines is 1. The molecule has 2 aromatic carbocycles. The number of thiazole rings is 1. The minimum Gasteiger partial charge on any atom is -0.504 e. The average Bonchev–Trinajstić information content (AvgIpc) is 3.60. The lowest BCUT2D eigenvalue weighted by atomic mass is 9.68. The Morgan fingerprint density at radius 2 is 1.81 bits per heavy atom. The smallest absolute Gasteiger partial charge is 0.305 e. The number of thioether (sulfide) groups is 1. The van der Waals surface area contributed by atoms with Crippen molar-refractivity contribution in [2.45, 2.75) is 29.5 Å². The first-order valence-electron chi connectivity index (χ1n) is 12.4. The molecular formula is C27H23BrN2O5S2. The molecule has 10 heteroatoms. The van der Waals surface area contributed by atoms with Gasteiger partial charge in [-0.05, 0) is 73.1 Å². The van der Waals surface area contributed by atoms with E-state index in [0.29, 0.717) is 18.0 Å². The highest BCUT2D eigenvalue weighted by Gasteiger charge is 2.69. The first-order chi connectivity index (χ1) is 17.9. The molecule has 2 bridgehead atoms. The quantitative estimate of drug-likeness (QED) is 0.411. The lowest BCUT2D eigenvalue weighted by Crippen LogP contribution is -2.42. The van der Waals surface area contributed by atoms with E-state index in [9.17, 15) is 19.5 Å². The zero-order valence-electron chi connectivity index (χ0n) is 19.7. The van der Waals surface area contributed by atoms with Crippen LogP contribution in [0, 0.1) is 29.6 Å². The number of aromatic nitrogens is 1. The van der Waals surface area contributed by atoms with Crippen LogP contribution >= 0.6 is 39.0 Å². The molecular weight excluding hydrogens is 576 g/mol. The van der Waals surface area contributed by atoms with Crippen molar-refractivity contribution >= 4 is 56.5 Å². The Balaban J connectivity index is 1.32. The lowest BCUT2D eigenvalue weighted by molar-refractivity contribution is -0.123. The number of benzene rings is 2. The molecule has 3 aromatic rings. The fourth-order valence-electron chi connectivity index (χ4n) is 7.23. The molecule has 2 amide bonds. The molecule has 0 spiro atoms. The number of rotatable bonds is 4. The minimum atomic E-state index is -0.355. The molecule has 190 valence electrons. The fraction of sp³-hybridized carbons (Fsp3) is 0.370. The highest BCUT2D eigenvalue weighted by atomic mass is 79.9. The number of carbonyl (C=O) groups excluding carboxylic acids is 2. The van der Waals surface area contributed by atoms with Crippen molar-refractivity contribution in [3.63, 3.8) is 0 Å². The van der Waals surface area contributed by atoms with Crippen LogP contribution in [-0.2, 0) is 9.59 Å². The predicted octanol–water partition coefficient (Wildman–Crippen LogP) is 4.98. The zero-order valence-corrected chi connectivity index (χ0v) is 22.9. The molecule has 7 atom stereocenters. The van der Waals surface area contributed by atoms with Crippen molar-refractivity contribution in [3.8, 4) is 11.5 Å². The number of carbonyl (C=O) groups is 2. The number of phenols is 1. The molecule has 37 heavy (non-hydrogen) atoms. The van der Waals surface area contributed by atoms with Crippen molar-refractivity contribution in [2.75, 3.05) is 11.5 Å². The molecule has 3 heterocycles. The van der Waals surface area contributed by atoms with Crippen LogP contribution in [0.2, 0.25) is 0 Å². The molecule has 5 unspecified atom stereocenters. The second kappa shape index (κ2) is 8.47. The Bertz CT molecular complexity index is 1500. The average molecular weight is 600 g/mol. The van der Waals surface area contributed by atoms with E-state index in [-0.39, 0.29) is 63.2 Å². The molecule has 1 aromatic heterocycles. The van der Waals surface area contributed by atoms with Crippen molar-refractivity contribution in [2.24, 2.45) is 29.6 Å². The number of nitrogens with one attached hydrogen (secondary N) is 1. The molecule has 7 rings (SSSR count). The van der Waals surface area contributed by atoms with Crippen LogP contribution in [0.5, 0.6) is 11.5 Å². The molecule has 2 N–H and O–H groups in total. The third-order valence-electron chi connectivity index (χ3n) is 8.45. The van der Waals surface area contributed by atoms with Gasteiger partial charge in [0.2, 0.25) is 11.8 Å². The first-order valence-corrected chi connectivity index (χ1v) is 14.8. The van der Waals surface area contributed by atoms with Crippen molar-refractivity contribution in [1.29, 1.82) is 0 Å². The number of amides is 2. The normalized spacial score (nSPS) is 31.4. The second-order valence-electron chi connectivity index (χ2n) is 10.1. The van der Waals surface area contributed by atoms with Gasteiger partial charge in [0.1, 0.15) is 0 Å². The van der Waals surface area contributed by atoms with E-state index in [1.165, 1.54) is 16.2 Å². The van der Waals surface area contributed by atoms with Gasteiger partial charge in [0.05, 0.1) is 29.2 Å². The molecule has 7 nitrogen and oxygen atoms in total. The summed E-state index contributed by atoms with van der Waals surface area (Å²) in [6.07, 6.45) is 0.829. The van der Waals surface area contributed by atoms with Crippen LogP contribution in [0.4, 0.5) is 5.69 Å². The number of phenolic OH excluding ortho intramolecular Hbond substituents is 1. The maximum absolute atomic E-state index is 13.8. The highest BCUT2D eigenvalue weighted by molar-refractivity contribution is 9.10. The summed E-state index contributed by atoms with van der Waals surface area (Å²) in [5.41, 5.74) is 1.57. The monoisotopic (exact) mass is 598 g/mol. The highest BCUT2D eigenvalue weighted by Crippen LogP contribution is 2.68. The van der Waals surface area contributed by atoms with Crippen LogP contribution in [0.15, 0.2) is 56.8 Å². The van der Waals surface area contributed by atoms with Gasteiger partial charge in [0, 0.05) is 20.5 Å². The Labute approximate surface area is 229 Å². The summed E-state index contributed by atoms with van der Waals surface area (Å²) >= 11 is 6.31. The number of anilines is 1. The SMILES string of the molecule is CCOc1cc(C2c3sc(=O)[nH]c3SC3C2[C@H]2C[C@@H]3C3C(=O)N(c4ccc(Br)cc4)C(=O)C32)ccc1O. The topological polar surface area (TPSA) is 99.7 Å². The van der Waals surface area contributed by atoms with E-state index in [1.54, 1.807) is 30.0 Å². The number of hydrogen-bond donors (Lipinski definition) is 2. The van der Waals surface area contributed by atoms with Gasteiger partial charge in [-0.2, -0.15) is 0 Å². The summed E-state index contributed by atoms with van der Waals surface area (Å²) in [6, 6.07) is 12.7. The summed E-state index contributed by atoms with van der Waals surface area (Å²) in [5, 5.41) is 11.3. The van der Waals surface area contributed by atoms with Gasteiger partial charge in [-0.1, -0.05) is 33.3 Å². The number of fused-ring (bicyclic) bond motifs is 9. The maximum Gasteiger partial charge on any atom is 0.305 e. The van der Waals surface area contributed by atoms with Crippen LogP contribution in [0.3, 0.4) is 0 Å². The fourth-order valence-corrected chi connectivity index (χ4v) is 10.4.